The van der Waals surface area contributed by atoms with Gasteiger partial charge >= 0.3 is 12.1 Å². The summed E-state index contributed by atoms with van der Waals surface area (Å²) < 4.78 is 17.5. The first-order chi connectivity index (χ1) is 19.2. The fraction of sp³-hybridized carbons (Fsp3) is 0.697. The molecule has 0 aromatic rings. The van der Waals surface area contributed by atoms with E-state index < -0.39 is 36.4 Å². The van der Waals surface area contributed by atoms with Gasteiger partial charge in [0.05, 0.1) is 30.3 Å². The van der Waals surface area contributed by atoms with Gasteiger partial charge in [-0.3, -0.25) is 4.79 Å². The lowest BCUT2D eigenvalue weighted by molar-refractivity contribution is -0.181. The van der Waals surface area contributed by atoms with Gasteiger partial charge in [0, 0.05) is 36.0 Å². The molecule has 0 saturated carbocycles. The molecule has 0 unspecified atom stereocenters. The van der Waals surface area contributed by atoms with Crippen molar-refractivity contribution in [2.45, 2.75) is 105 Å². The fourth-order valence-electron chi connectivity index (χ4n) is 6.33. The number of esters is 1. The maximum atomic E-state index is 12.2. The quantitative estimate of drug-likeness (QED) is 0.154. The van der Waals surface area contributed by atoms with Crippen molar-refractivity contribution in [1.29, 1.82) is 0 Å². The standard InChI is InChI=1S/C33H53NO7/c1-10-11-12-19(3)31(41-33(34)38)24(8)28(35)21(5)15-18(2)16-22(6)30-20(4)13-14-26(39-30)17-27-23(7)29(36)25(9)32(37)40-27/h10-14,16,19-31,35-36H,1,15,17H2,2-9H3,(H2,34,38)/b12-11-,18-16-/t19-,20-,21-,22-,23-,24-,25+,26-,27+,28+,29-,30-,31-/m0/s1. The average Bonchev–Trinajstić information content (AvgIpc) is 2.91. The number of aliphatic hydroxyl groups excluding tert-OH is 2. The molecule has 2 rings (SSSR count). The van der Waals surface area contributed by atoms with Crippen LogP contribution in [0.25, 0.3) is 0 Å². The summed E-state index contributed by atoms with van der Waals surface area (Å²) in [5.41, 5.74) is 6.47. The van der Waals surface area contributed by atoms with Crippen LogP contribution in [-0.2, 0) is 19.0 Å². The van der Waals surface area contributed by atoms with Crippen LogP contribution in [0.2, 0.25) is 0 Å². The van der Waals surface area contributed by atoms with Crippen molar-refractivity contribution in [1.82, 2.24) is 0 Å². The van der Waals surface area contributed by atoms with E-state index in [-0.39, 0.29) is 53.7 Å². The van der Waals surface area contributed by atoms with Gasteiger partial charge in [-0.05, 0) is 26.2 Å². The molecule has 0 aromatic carbocycles. The van der Waals surface area contributed by atoms with Gasteiger partial charge in [0.25, 0.3) is 0 Å². The highest BCUT2D eigenvalue weighted by Gasteiger charge is 2.42. The molecule has 0 radical (unpaired) electrons. The number of carbonyl (C=O) groups is 2. The SMILES string of the molecule is C=C/C=C\[C@H](C)[C@H](OC(N)=O)[C@@H](C)[C@H](O)[C@@H](C)C/C(C)=C\[C@H](C)[C@H]1O[C@H](C[C@H]2OC(=O)[C@H](C)[C@@H](O)[C@H]2C)C=C[C@@H]1C. The number of amides is 1. The van der Waals surface area contributed by atoms with Crippen LogP contribution in [0.5, 0.6) is 0 Å². The molecule has 232 valence electrons. The summed E-state index contributed by atoms with van der Waals surface area (Å²) in [7, 11) is 0. The Morgan fingerprint density at radius 2 is 1.85 bits per heavy atom. The topological polar surface area (TPSA) is 128 Å². The molecule has 0 bridgehead atoms. The van der Waals surface area contributed by atoms with Crippen molar-refractivity contribution in [3.63, 3.8) is 0 Å². The van der Waals surface area contributed by atoms with Gasteiger partial charge in [-0.15, -0.1) is 0 Å². The van der Waals surface area contributed by atoms with Crippen LogP contribution in [0.3, 0.4) is 0 Å². The molecule has 0 spiro atoms. The lowest BCUT2D eigenvalue weighted by Crippen LogP contribution is -2.48. The molecular weight excluding hydrogens is 522 g/mol. The summed E-state index contributed by atoms with van der Waals surface area (Å²) in [6.45, 7) is 19.4. The number of ether oxygens (including phenoxy) is 3. The summed E-state index contributed by atoms with van der Waals surface area (Å²) >= 11 is 0. The predicted octanol–water partition coefficient (Wildman–Crippen LogP) is 5.34. The van der Waals surface area contributed by atoms with E-state index in [4.69, 9.17) is 19.9 Å². The Kier molecular flexibility index (Phi) is 13.3. The molecule has 1 fully saturated rings. The van der Waals surface area contributed by atoms with E-state index in [2.05, 4.69) is 39.5 Å². The Bertz CT molecular complexity index is 975. The van der Waals surface area contributed by atoms with Crippen molar-refractivity contribution < 1.29 is 34.0 Å². The first-order valence-electron chi connectivity index (χ1n) is 15.0. The number of hydrogen-bond acceptors (Lipinski definition) is 7. The van der Waals surface area contributed by atoms with Crippen LogP contribution < -0.4 is 5.73 Å². The molecule has 2 aliphatic heterocycles. The number of allylic oxidation sites excluding steroid dienone is 3. The minimum atomic E-state index is -0.860. The summed E-state index contributed by atoms with van der Waals surface area (Å²) in [5.74, 6) is -1.32. The van der Waals surface area contributed by atoms with E-state index in [0.29, 0.717) is 12.8 Å². The summed E-state index contributed by atoms with van der Waals surface area (Å²) in [6.07, 6.45) is 9.34. The Labute approximate surface area is 246 Å². The molecule has 8 heteroatoms. The minimum Gasteiger partial charge on any atom is -0.462 e. The molecule has 0 aromatic heterocycles. The van der Waals surface area contributed by atoms with Crippen molar-refractivity contribution in [2.75, 3.05) is 0 Å². The third-order valence-corrected chi connectivity index (χ3v) is 8.89. The Morgan fingerprint density at radius 1 is 1.20 bits per heavy atom. The number of aliphatic hydroxyl groups is 2. The lowest BCUT2D eigenvalue weighted by Gasteiger charge is -2.40. The van der Waals surface area contributed by atoms with Gasteiger partial charge in [0.2, 0.25) is 0 Å². The molecule has 8 nitrogen and oxygen atoms in total. The summed E-state index contributed by atoms with van der Waals surface area (Å²) in [5, 5.41) is 21.6. The van der Waals surface area contributed by atoms with E-state index >= 15 is 0 Å². The lowest BCUT2D eigenvalue weighted by atomic mass is 9.81. The smallest absolute Gasteiger partial charge is 0.404 e. The number of nitrogens with two attached hydrogens (primary N) is 1. The van der Waals surface area contributed by atoms with Gasteiger partial charge in [0.1, 0.15) is 12.2 Å². The van der Waals surface area contributed by atoms with Crippen molar-refractivity contribution in [3.05, 3.63) is 48.6 Å². The van der Waals surface area contributed by atoms with E-state index in [1.807, 2.05) is 39.8 Å². The van der Waals surface area contributed by atoms with Crippen molar-refractivity contribution in [2.24, 2.45) is 47.2 Å². The molecule has 2 heterocycles. The largest absolute Gasteiger partial charge is 0.462 e. The molecule has 1 amide bonds. The molecule has 1 saturated heterocycles. The van der Waals surface area contributed by atoms with Crippen LogP contribution in [0.1, 0.15) is 68.2 Å². The van der Waals surface area contributed by atoms with Crippen molar-refractivity contribution in [3.8, 4) is 0 Å². The zero-order valence-electron chi connectivity index (χ0n) is 26.1. The second-order valence-electron chi connectivity index (χ2n) is 12.5. The number of hydrogen-bond donors (Lipinski definition) is 3. The number of carbonyl (C=O) groups excluding carboxylic acids is 2. The highest BCUT2D eigenvalue weighted by molar-refractivity contribution is 5.73. The highest BCUT2D eigenvalue weighted by Crippen LogP contribution is 2.34. The van der Waals surface area contributed by atoms with Gasteiger partial charge in [-0.2, -0.15) is 0 Å². The molecule has 0 aliphatic carbocycles. The van der Waals surface area contributed by atoms with Gasteiger partial charge in [0.15, 0.2) is 0 Å². The van der Waals surface area contributed by atoms with Crippen molar-refractivity contribution >= 4 is 12.1 Å². The monoisotopic (exact) mass is 575 g/mol. The second-order valence-corrected chi connectivity index (χ2v) is 12.5. The number of rotatable bonds is 13. The maximum absolute atomic E-state index is 12.2. The zero-order valence-corrected chi connectivity index (χ0v) is 26.1. The summed E-state index contributed by atoms with van der Waals surface area (Å²) in [6, 6.07) is 0. The second kappa shape index (κ2) is 15.7. The van der Waals surface area contributed by atoms with Gasteiger partial charge < -0.3 is 30.2 Å². The van der Waals surface area contributed by atoms with Crippen LogP contribution in [-0.4, -0.2) is 58.9 Å². The maximum Gasteiger partial charge on any atom is 0.404 e. The van der Waals surface area contributed by atoms with Crippen LogP contribution in [0, 0.1) is 41.4 Å². The highest BCUT2D eigenvalue weighted by atomic mass is 16.6. The van der Waals surface area contributed by atoms with E-state index in [1.54, 1.807) is 19.1 Å². The molecule has 2 aliphatic rings. The fourth-order valence-corrected chi connectivity index (χ4v) is 6.33. The molecule has 13 atom stereocenters. The normalized spacial score (nSPS) is 33.4. The van der Waals surface area contributed by atoms with E-state index in [9.17, 15) is 19.8 Å². The first kappa shape index (κ1) is 34.8. The minimum absolute atomic E-state index is 0.0663. The average molecular weight is 576 g/mol. The van der Waals surface area contributed by atoms with Crippen LogP contribution in [0.4, 0.5) is 4.79 Å². The van der Waals surface area contributed by atoms with Gasteiger partial charge in [-0.1, -0.05) is 90.2 Å². The van der Waals surface area contributed by atoms with E-state index in [0.717, 1.165) is 5.57 Å². The Morgan fingerprint density at radius 3 is 2.46 bits per heavy atom. The van der Waals surface area contributed by atoms with Crippen LogP contribution in [0.15, 0.2) is 48.6 Å². The zero-order chi connectivity index (χ0) is 31.0. The van der Waals surface area contributed by atoms with E-state index in [1.165, 1.54) is 0 Å². The number of primary amides is 1. The predicted molar refractivity (Wildman–Crippen MR) is 161 cm³/mol. The third kappa shape index (κ3) is 9.55. The number of cyclic esters (lactones) is 1. The summed E-state index contributed by atoms with van der Waals surface area (Å²) in [4.78, 5) is 23.8. The first-order valence-corrected chi connectivity index (χ1v) is 15.0. The van der Waals surface area contributed by atoms with Gasteiger partial charge in [-0.25, -0.2) is 4.79 Å². The third-order valence-electron chi connectivity index (χ3n) is 8.89. The molecule has 41 heavy (non-hydrogen) atoms. The Balaban J connectivity index is 2.03. The molecule has 4 N–H and O–H groups in total. The Hall–Kier alpha value is -2.42. The molecular formula is C33H53NO7. The van der Waals surface area contributed by atoms with Crippen LogP contribution >= 0.6 is 0 Å².